The Balaban J connectivity index is 2.28. The predicted molar refractivity (Wildman–Crippen MR) is 44.9 cm³/mol. The summed E-state index contributed by atoms with van der Waals surface area (Å²) in [5.41, 5.74) is 0. The van der Waals surface area contributed by atoms with Gasteiger partial charge in [-0.05, 0) is 12.8 Å². The van der Waals surface area contributed by atoms with Crippen molar-refractivity contribution in [3.63, 3.8) is 0 Å². The molecule has 1 aliphatic carbocycles. The molecule has 1 fully saturated rings. The normalized spacial score (nSPS) is 27.0. The molecule has 0 nitrogen and oxygen atoms in total. The van der Waals surface area contributed by atoms with E-state index in [4.69, 9.17) is 0 Å². The first-order chi connectivity index (χ1) is 2.77. The first kappa shape index (κ1) is 5.59. The average Bonchev–Trinajstić information content (AvgIpc) is 2.22. The summed E-state index contributed by atoms with van der Waals surface area (Å²) in [7, 11) is 0. The molecular weight excluding hydrogens is 302 g/mol. The lowest BCUT2D eigenvalue weighted by molar-refractivity contribution is 1.15. The maximum absolute atomic E-state index is 2.54. The molecule has 0 aromatic rings. The van der Waals surface area contributed by atoms with E-state index in [0.29, 0.717) is 0 Å². The second-order valence-corrected chi connectivity index (χ2v) is 4.84. The Bertz CT molecular complexity index is 56.6. The Labute approximate surface area is 65.4 Å². The van der Waals surface area contributed by atoms with Crippen LogP contribution in [-0.4, -0.2) is 7.85 Å². The van der Waals surface area contributed by atoms with E-state index in [1.54, 1.807) is 0 Å². The van der Waals surface area contributed by atoms with Crippen LogP contribution in [0.15, 0.2) is 0 Å². The zero-order valence-electron chi connectivity index (χ0n) is 3.38. The van der Waals surface area contributed by atoms with Crippen molar-refractivity contribution in [2.75, 3.05) is 4.43 Å². The summed E-state index contributed by atoms with van der Waals surface area (Å²) in [5, 5.41) is 0. The fourth-order valence-electron chi connectivity index (χ4n) is 0.269. The molecule has 0 radical (unpaired) electrons. The van der Waals surface area contributed by atoms with E-state index < -0.39 is 0 Å². The minimum atomic E-state index is 0.748. The first-order valence-electron chi connectivity index (χ1n) is 2.02. The quantitative estimate of drug-likeness (QED) is 0.515. The van der Waals surface area contributed by atoms with Gasteiger partial charge >= 0.3 is 0 Å². The van der Waals surface area contributed by atoms with Gasteiger partial charge in [0.05, 0.1) is 0 Å². The van der Waals surface area contributed by atoms with Crippen LogP contribution in [0.3, 0.4) is 0 Å². The largest absolute Gasteiger partial charge is 0.0849 e. The molecule has 0 N–H and O–H groups in total. The monoisotopic (exact) mass is 308 g/mol. The van der Waals surface area contributed by atoms with Crippen LogP contribution >= 0.6 is 45.2 Å². The molecule has 0 aromatic heterocycles. The fourth-order valence-corrected chi connectivity index (χ4v) is 1.30. The topological polar surface area (TPSA) is 0 Å². The molecule has 0 amide bonds. The van der Waals surface area contributed by atoms with Crippen molar-refractivity contribution < 1.29 is 0 Å². The molecule has 0 unspecified atom stereocenters. The van der Waals surface area contributed by atoms with Crippen molar-refractivity contribution in [2.24, 2.45) is 0 Å². The highest BCUT2D eigenvalue weighted by molar-refractivity contribution is 14.1. The first-order valence-corrected chi connectivity index (χ1v) is 4.62. The zero-order chi connectivity index (χ0) is 4.62. The Hall–Kier alpha value is 1.46. The van der Waals surface area contributed by atoms with Crippen LogP contribution in [0.4, 0.5) is 0 Å². The number of alkyl halides is 2. The van der Waals surface area contributed by atoms with Gasteiger partial charge < -0.3 is 0 Å². The maximum atomic E-state index is 2.54. The lowest BCUT2D eigenvalue weighted by Crippen LogP contribution is -1.93. The van der Waals surface area contributed by atoms with Gasteiger partial charge in [0.1, 0.15) is 0 Å². The van der Waals surface area contributed by atoms with E-state index in [1.807, 2.05) is 0 Å². The molecule has 0 atom stereocenters. The predicted octanol–water partition coefficient (Wildman–Crippen LogP) is 2.39. The molecule has 2 heteroatoms. The SMILES string of the molecule is ICC1(I)CC1. The molecule has 1 saturated carbocycles. The van der Waals surface area contributed by atoms with Gasteiger partial charge in [-0.25, -0.2) is 0 Å². The van der Waals surface area contributed by atoms with E-state index in [9.17, 15) is 0 Å². The van der Waals surface area contributed by atoms with Crippen molar-refractivity contribution in [1.29, 1.82) is 0 Å². The summed E-state index contributed by atoms with van der Waals surface area (Å²) in [6.45, 7) is 0. The molecule has 0 aromatic carbocycles. The van der Waals surface area contributed by atoms with Gasteiger partial charge in [0, 0.05) is 7.85 Å². The molecule has 1 aliphatic rings. The van der Waals surface area contributed by atoms with Crippen LogP contribution in [-0.2, 0) is 0 Å². The summed E-state index contributed by atoms with van der Waals surface area (Å²) in [4.78, 5) is 0. The Morgan fingerprint density at radius 2 is 2.00 bits per heavy atom. The number of hydrogen-bond acceptors (Lipinski definition) is 0. The van der Waals surface area contributed by atoms with E-state index in [0.717, 1.165) is 3.42 Å². The highest BCUT2D eigenvalue weighted by atomic mass is 127. The van der Waals surface area contributed by atoms with E-state index >= 15 is 0 Å². The lowest BCUT2D eigenvalue weighted by Gasteiger charge is -1.92. The van der Waals surface area contributed by atoms with Gasteiger partial charge in [-0.15, -0.1) is 0 Å². The Kier molecular flexibility index (Phi) is 1.64. The van der Waals surface area contributed by atoms with Crippen LogP contribution in [0, 0.1) is 0 Å². The van der Waals surface area contributed by atoms with Gasteiger partial charge in [-0.3, -0.25) is 0 Å². The van der Waals surface area contributed by atoms with Crippen molar-refractivity contribution in [2.45, 2.75) is 16.3 Å². The van der Waals surface area contributed by atoms with Crippen LogP contribution < -0.4 is 0 Å². The second kappa shape index (κ2) is 1.76. The Morgan fingerprint density at radius 3 is 2.00 bits per heavy atom. The molecular formula is C4H6I2. The van der Waals surface area contributed by atoms with E-state index in [2.05, 4.69) is 45.2 Å². The third-order valence-corrected chi connectivity index (χ3v) is 5.41. The van der Waals surface area contributed by atoms with Gasteiger partial charge in [0.15, 0.2) is 0 Å². The van der Waals surface area contributed by atoms with Crippen LogP contribution in [0.1, 0.15) is 12.8 Å². The van der Waals surface area contributed by atoms with Crippen LogP contribution in [0.2, 0.25) is 0 Å². The smallest absolute Gasteiger partial charge is 0.0312 e. The van der Waals surface area contributed by atoms with Crippen LogP contribution in [0.5, 0.6) is 0 Å². The summed E-state index contributed by atoms with van der Waals surface area (Å²) in [6.07, 6.45) is 2.91. The second-order valence-electron chi connectivity index (χ2n) is 1.78. The van der Waals surface area contributed by atoms with Crippen molar-refractivity contribution in [3.8, 4) is 0 Å². The molecule has 0 bridgehead atoms. The highest BCUT2D eigenvalue weighted by Gasteiger charge is 2.37. The maximum Gasteiger partial charge on any atom is 0.0312 e. The van der Waals surface area contributed by atoms with E-state index in [-0.39, 0.29) is 0 Å². The summed E-state index contributed by atoms with van der Waals surface area (Å²) >= 11 is 4.99. The van der Waals surface area contributed by atoms with Crippen molar-refractivity contribution in [1.82, 2.24) is 0 Å². The van der Waals surface area contributed by atoms with E-state index in [1.165, 1.54) is 17.3 Å². The molecule has 0 aliphatic heterocycles. The fraction of sp³-hybridized carbons (Fsp3) is 1.00. The minimum absolute atomic E-state index is 0.748. The molecule has 0 heterocycles. The van der Waals surface area contributed by atoms with Gasteiger partial charge in [-0.2, -0.15) is 0 Å². The van der Waals surface area contributed by atoms with Crippen molar-refractivity contribution >= 4 is 45.2 Å². The molecule has 1 rings (SSSR count). The zero-order valence-corrected chi connectivity index (χ0v) is 7.69. The molecule has 36 valence electrons. The van der Waals surface area contributed by atoms with Gasteiger partial charge in [-0.1, -0.05) is 45.2 Å². The molecule has 6 heavy (non-hydrogen) atoms. The number of hydrogen-bond donors (Lipinski definition) is 0. The third kappa shape index (κ3) is 1.21. The Morgan fingerprint density at radius 1 is 1.50 bits per heavy atom. The average molecular weight is 308 g/mol. The van der Waals surface area contributed by atoms with Gasteiger partial charge in [0.25, 0.3) is 0 Å². The minimum Gasteiger partial charge on any atom is -0.0849 e. The third-order valence-electron chi connectivity index (χ3n) is 1.03. The standard InChI is InChI=1S/C4H6I2/c5-3-4(6)1-2-4/h1-3H2. The summed E-state index contributed by atoms with van der Waals surface area (Å²) in [5.74, 6) is 0. The van der Waals surface area contributed by atoms with Crippen molar-refractivity contribution in [3.05, 3.63) is 0 Å². The number of rotatable bonds is 1. The number of halogens is 2. The van der Waals surface area contributed by atoms with Gasteiger partial charge in [0.2, 0.25) is 0 Å². The van der Waals surface area contributed by atoms with Crippen LogP contribution in [0.25, 0.3) is 0 Å². The summed E-state index contributed by atoms with van der Waals surface area (Å²) < 4.78 is 2.09. The highest BCUT2D eigenvalue weighted by Crippen LogP contribution is 2.46. The lowest BCUT2D eigenvalue weighted by atomic mass is 10.5. The molecule has 0 saturated heterocycles. The molecule has 0 spiro atoms. The summed E-state index contributed by atoms with van der Waals surface area (Å²) in [6, 6.07) is 0.